The second kappa shape index (κ2) is 10.2. The highest BCUT2D eigenvalue weighted by Gasteiger charge is 2.30. The minimum Gasteiger partial charge on any atom is -0.484 e. The summed E-state index contributed by atoms with van der Waals surface area (Å²) in [6.45, 7) is 3.59. The molecule has 1 amide bonds. The highest BCUT2D eigenvalue weighted by Crippen LogP contribution is 2.31. The van der Waals surface area contributed by atoms with Crippen LogP contribution in [-0.4, -0.2) is 20.9 Å². The summed E-state index contributed by atoms with van der Waals surface area (Å²) in [7, 11) is -4.13. The highest BCUT2D eigenvalue weighted by atomic mass is 32.2. The van der Waals surface area contributed by atoms with Crippen molar-refractivity contribution in [2.24, 2.45) is 0 Å². The van der Waals surface area contributed by atoms with Gasteiger partial charge in [0.15, 0.2) is 6.61 Å². The van der Waals surface area contributed by atoms with Gasteiger partial charge in [-0.1, -0.05) is 31.2 Å². The fourth-order valence-electron chi connectivity index (χ4n) is 3.21. The highest BCUT2D eigenvalue weighted by molar-refractivity contribution is 7.92. The third-order valence-electron chi connectivity index (χ3n) is 4.95. The molecule has 0 spiro atoms. The van der Waals surface area contributed by atoms with Crippen LogP contribution < -0.4 is 14.8 Å². The Kier molecular flexibility index (Phi) is 7.51. The second-order valence-corrected chi connectivity index (χ2v) is 9.14. The molecule has 10 heteroatoms. The topological polar surface area (TPSA) is 84.5 Å². The molecule has 0 radical (unpaired) electrons. The van der Waals surface area contributed by atoms with E-state index in [0.717, 1.165) is 35.4 Å². The number of amides is 1. The fourth-order valence-corrected chi connectivity index (χ4v) is 4.26. The third-order valence-corrected chi connectivity index (χ3v) is 6.35. The Hall–Kier alpha value is -3.53. The maximum absolute atomic E-state index is 12.9. The smallest absolute Gasteiger partial charge is 0.416 e. The van der Waals surface area contributed by atoms with E-state index in [1.807, 2.05) is 32.0 Å². The third kappa shape index (κ3) is 6.28. The summed E-state index contributed by atoms with van der Waals surface area (Å²) in [6, 6.07) is 14.8. The molecule has 6 nitrogen and oxygen atoms in total. The van der Waals surface area contributed by atoms with Crippen LogP contribution in [0.5, 0.6) is 5.75 Å². The molecule has 3 rings (SSSR count). The zero-order valence-corrected chi connectivity index (χ0v) is 19.3. The van der Waals surface area contributed by atoms with E-state index < -0.39 is 21.8 Å². The van der Waals surface area contributed by atoms with Crippen molar-refractivity contribution in [1.29, 1.82) is 0 Å². The quantitative estimate of drug-likeness (QED) is 0.441. The van der Waals surface area contributed by atoms with Crippen molar-refractivity contribution in [3.63, 3.8) is 0 Å². The lowest BCUT2D eigenvalue weighted by Gasteiger charge is -2.14. The fraction of sp³-hybridized carbons (Fsp3) is 0.208. The Morgan fingerprint density at radius 2 is 1.68 bits per heavy atom. The molecule has 0 saturated heterocycles. The molecule has 0 bridgehead atoms. The summed E-state index contributed by atoms with van der Waals surface area (Å²) >= 11 is 0. The summed E-state index contributed by atoms with van der Waals surface area (Å²) < 4.78 is 71.2. The van der Waals surface area contributed by atoms with Gasteiger partial charge < -0.3 is 10.1 Å². The van der Waals surface area contributed by atoms with Crippen molar-refractivity contribution >= 4 is 27.3 Å². The van der Waals surface area contributed by atoms with Crippen LogP contribution in [-0.2, 0) is 27.4 Å². The first kappa shape index (κ1) is 25.1. The molecule has 0 aliphatic heterocycles. The van der Waals surface area contributed by atoms with E-state index >= 15 is 0 Å². The van der Waals surface area contributed by atoms with Crippen molar-refractivity contribution < 1.29 is 31.1 Å². The zero-order chi connectivity index (χ0) is 24.9. The number of ether oxygens (including phenoxy) is 1. The molecular formula is C24H23F3N2O4S. The van der Waals surface area contributed by atoms with Crippen molar-refractivity contribution in [3.05, 3.63) is 83.4 Å². The molecule has 0 aliphatic carbocycles. The van der Waals surface area contributed by atoms with Gasteiger partial charge >= 0.3 is 6.18 Å². The van der Waals surface area contributed by atoms with Crippen LogP contribution in [0.3, 0.4) is 0 Å². The van der Waals surface area contributed by atoms with Crippen LogP contribution in [0, 0.1) is 6.92 Å². The number of anilines is 2. The van der Waals surface area contributed by atoms with Gasteiger partial charge in [0.2, 0.25) is 0 Å². The number of nitrogens with one attached hydrogen (secondary N) is 2. The number of halogens is 3. The molecule has 2 N–H and O–H groups in total. The largest absolute Gasteiger partial charge is 0.484 e. The predicted octanol–water partition coefficient (Wildman–Crippen LogP) is 5.39. The monoisotopic (exact) mass is 492 g/mol. The molecule has 0 heterocycles. The molecule has 0 aliphatic rings. The molecule has 0 aromatic heterocycles. The number of rotatable bonds is 8. The van der Waals surface area contributed by atoms with Crippen molar-refractivity contribution in [3.8, 4) is 5.75 Å². The first-order chi connectivity index (χ1) is 16.0. The van der Waals surface area contributed by atoms with Gasteiger partial charge in [0.1, 0.15) is 5.75 Å². The van der Waals surface area contributed by atoms with Gasteiger partial charge in [0.25, 0.3) is 15.9 Å². The average molecular weight is 493 g/mol. The molecule has 0 atom stereocenters. The molecule has 0 unspecified atom stereocenters. The second-order valence-electron chi connectivity index (χ2n) is 7.45. The summed E-state index contributed by atoms with van der Waals surface area (Å²) in [4.78, 5) is 12.1. The number of aryl methyl sites for hydroxylation is 2. The minimum absolute atomic E-state index is 0.172. The average Bonchev–Trinajstić information content (AvgIpc) is 2.78. The molecule has 0 fully saturated rings. The number of sulfonamides is 1. The number of carbonyl (C=O) groups excluding carboxylic acids is 1. The van der Waals surface area contributed by atoms with E-state index in [1.54, 1.807) is 0 Å². The lowest BCUT2D eigenvalue weighted by Crippen LogP contribution is -2.21. The molecule has 3 aromatic rings. The lowest BCUT2D eigenvalue weighted by molar-refractivity contribution is -0.137. The van der Waals surface area contributed by atoms with Crippen LogP contribution in [0.1, 0.15) is 23.6 Å². The predicted molar refractivity (Wildman–Crippen MR) is 123 cm³/mol. The van der Waals surface area contributed by atoms with Crippen LogP contribution in [0.15, 0.2) is 71.6 Å². The van der Waals surface area contributed by atoms with E-state index in [9.17, 15) is 26.4 Å². The van der Waals surface area contributed by atoms with Gasteiger partial charge in [-0.25, -0.2) is 8.42 Å². The number of benzene rings is 3. The van der Waals surface area contributed by atoms with Crippen molar-refractivity contribution in [2.75, 3.05) is 16.6 Å². The van der Waals surface area contributed by atoms with E-state index in [2.05, 4.69) is 10.0 Å². The Labute approximate surface area is 195 Å². The Morgan fingerprint density at radius 3 is 2.32 bits per heavy atom. The Morgan fingerprint density at radius 1 is 1.00 bits per heavy atom. The van der Waals surface area contributed by atoms with Gasteiger partial charge in [0.05, 0.1) is 10.5 Å². The first-order valence-electron chi connectivity index (χ1n) is 10.3. The van der Waals surface area contributed by atoms with Gasteiger partial charge in [-0.3, -0.25) is 9.52 Å². The van der Waals surface area contributed by atoms with Crippen LogP contribution >= 0.6 is 0 Å². The summed E-state index contributed by atoms with van der Waals surface area (Å²) in [5.41, 5.74) is 1.48. The summed E-state index contributed by atoms with van der Waals surface area (Å²) in [5.74, 6) is -0.111. The van der Waals surface area contributed by atoms with Gasteiger partial charge in [0, 0.05) is 11.4 Å². The first-order valence-corrected chi connectivity index (χ1v) is 11.8. The molecule has 180 valence electrons. The normalized spacial score (nSPS) is 11.7. The number of carbonyl (C=O) groups is 1. The number of hydrogen-bond donors (Lipinski definition) is 2. The molecule has 3 aromatic carbocycles. The van der Waals surface area contributed by atoms with Gasteiger partial charge in [-0.15, -0.1) is 0 Å². The zero-order valence-electron chi connectivity index (χ0n) is 18.4. The van der Waals surface area contributed by atoms with E-state index in [-0.39, 0.29) is 28.8 Å². The molecule has 34 heavy (non-hydrogen) atoms. The van der Waals surface area contributed by atoms with E-state index in [1.165, 1.54) is 30.3 Å². The van der Waals surface area contributed by atoms with Crippen molar-refractivity contribution in [2.45, 2.75) is 31.3 Å². The van der Waals surface area contributed by atoms with Gasteiger partial charge in [-0.05, 0) is 66.9 Å². The summed E-state index contributed by atoms with van der Waals surface area (Å²) in [6.07, 6.45) is -3.84. The van der Waals surface area contributed by atoms with Crippen LogP contribution in [0.4, 0.5) is 24.5 Å². The Balaban J connectivity index is 1.63. The number of para-hydroxylation sites is 1. The Bertz CT molecular complexity index is 1270. The number of hydrogen-bond acceptors (Lipinski definition) is 4. The SMILES string of the molecule is CCc1cccc(C)c1NC(=O)COc1ccc(S(=O)(=O)Nc2cccc(C(F)(F)F)c2)cc1. The molecular weight excluding hydrogens is 469 g/mol. The van der Waals surface area contributed by atoms with Crippen LogP contribution in [0.25, 0.3) is 0 Å². The van der Waals surface area contributed by atoms with Crippen molar-refractivity contribution in [1.82, 2.24) is 0 Å². The molecule has 0 saturated carbocycles. The lowest BCUT2D eigenvalue weighted by atomic mass is 10.1. The standard InChI is InChI=1S/C24H23F3N2O4S/c1-3-17-7-4-6-16(2)23(17)28-22(30)15-33-20-10-12-21(13-11-20)34(31,32)29-19-9-5-8-18(14-19)24(25,26)27/h4-14,29H,3,15H2,1-2H3,(H,28,30). The van der Waals surface area contributed by atoms with Crippen LogP contribution in [0.2, 0.25) is 0 Å². The van der Waals surface area contributed by atoms with E-state index in [0.29, 0.717) is 6.07 Å². The minimum atomic E-state index is -4.59. The van der Waals surface area contributed by atoms with Gasteiger partial charge in [-0.2, -0.15) is 13.2 Å². The maximum Gasteiger partial charge on any atom is 0.416 e. The maximum atomic E-state index is 12.9. The number of alkyl halides is 3. The van der Waals surface area contributed by atoms with E-state index in [4.69, 9.17) is 4.74 Å². The summed E-state index contributed by atoms with van der Waals surface area (Å²) in [5, 5.41) is 2.83.